The molecular formula is C19H25BrF2O3. The van der Waals surface area contributed by atoms with Crippen LogP contribution in [0.25, 0.3) is 0 Å². The van der Waals surface area contributed by atoms with Gasteiger partial charge in [0.15, 0.2) is 6.10 Å². The van der Waals surface area contributed by atoms with E-state index in [1.165, 1.54) is 0 Å². The molecule has 1 aliphatic carbocycles. The van der Waals surface area contributed by atoms with Gasteiger partial charge in [-0.15, -0.1) is 0 Å². The van der Waals surface area contributed by atoms with Crippen molar-refractivity contribution in [2.75, 3.05) is 5.33 Å². The second-order valence-corrected chi connectivity index (χ2v) is 8.41. The Labute approximate surface area is 156 Å². The molecule has 1 saturated carbocycles. The molecule has 140 valence electrons. The van der Waals surface area contributed by atoms with Gasteiger partial charge >= 0.3 is 5.97 Å². The topological polar surface area (TPSA) is 35.5 Å². The van der Waals surface area contributed by atoms with Crippen molar-refractivity contribution in [3.8, 4) is 5.75 Å². The number of ether oxygens (including phenoxy) is 2. The number of carbonyl (C=O) groups excluding carboxylic acids is 1. The highest BCUT2D eigenvalue weighted by Crippen LogP contribution is 2.50. The number of benzene rings is 1. The van der Waals surface area contributed by atoms with Gasteiger partial charge in [-0.05, 0) is 50.8 Å². The predicted molar refractivity (Wildman–Crippen MR) is 96.8 cm³/mol. The molecule has 6 heteroatoms. The van der Waals surface area contributed by atoms with Crippen LogP contribution in [-0.2, 0) is 9.53 Å². The van der Waals surface area contributed by atoms with E-state index in [1.54, 1.807) is 26.8 Å². The van der Waals surface area contributed by atoms with E-state index in [-0.39, 0.29) is 18.8 Å². The van der Waals surface area contributed by atoms with Crippen LogP contribution >= 0.6 is 15.9 Å². The van der Waals surface area contributed by atoms with Crippen LogP contribution < -0.4 is 4.74 Å². The predicted octanol–water partition coefficient (Wildman–Crippen LogP) is 5.38. The Kier molecular flexibility index (Phi) is 6.13. The lowest BCUT2D eigenvalue weighted by molar-refractivity contribution is -0.163. The Morgan fingerprint density at radius 2 is 2.00 bits per heavy atom. The van der Waals surface area contributed by atoms with E-state index in [9.17, 15) is 13.6 Å². The van der Waals surface area contributed by atoms with Gasteiger partial charge in [0.25, 0.3) is 0 Å². The molecule has 0 N–H and O–H groups in total. The van der Waals surface area contributed by atoms with E-state index >= 15 is 0 Å². The Bertz CT molecular complexity index is 618. The van der Waals surface area contributed by atoms with E-state index in [4.69, 9.17) is 9.47 Å². The monoisotopic (exact) mass is 418 g/mol. The summed E-state index contributed by atoms with van der Waals surface area (Å²) in [5.41, 5.74) is 1.07. The van der Waals surface area contributed by atoms with Crippen molar-refractivity contribution in [3.63, 3.8) is 0 Å². The number of hydrogen-bond acceptors (Lipinski definition) is 3. The van der Waals surface area contributed by atoms with Gasteiger partial charge in [0, 0.05) is 24.6 Å². The molecule has 1 fully saturated rings. The van der Waals surface area contributed by atoms with Crippen molar-refractivity contribution >= 4 is 21.9 Å². The Balaban J connectivity index is 2.20. The fraction of sp³-hybridized carbons (Fsp3) is 0.632. The quantitative estimate of drug-likeness (QED) is 0.459. The summed E-state index contributed by atoms with van der Waals surface area (Å²) in [6.07, 6.45) is -0.702. The van der Waals surface area contributed by atoms with Crippen LogP contribution in [0.2, 0.25) is 0 Å². The first-order valence-corrected chi connectivity index (χ1v) is 9.57. The van der Waals surface area contributed by atoms with E-state index in [1.807, 2.05) is 19.1 Å². The molecule has 0 spiro atoms. The van der Waals surface area contributed by atoms with Crippen molar-refractivity contribution in [1.29, 1.82) is 0 Å². The highest BCUT2D eigenvalue weighted by molar-refractivity contribution is 9.09. The van der Waals surface area contributed by atoms with Crippen LogP contribution in [0.1, 0.15) is 57.1 Å². The fourth-order valence-electron chi connectivity index (χ4n) is 2.81. The third-order valence-corrected chi connectivity index (χ3v) is 4.47. The molecule has 25 heavy (non-hydrogen) atoms. The standard InChI is InChI=1S/C19H25BrF2O3/c1-12-5-6-14(13-10-19(21,22)11-13)16(9-12)24-15(7-8-20)17(23)25-18(2,3)4/h5-6,9,13,15H,7-8,10-11H2,1-4H3. The normalized spacial score (nSPS) is 18.4. The molecule has 2 rings (SSSR count). The van der Waals surface area contributed by atoms with Gasteiger partial charge in [0.05, 0.1) is 0 Å². The fourth-order valence-corrected chi connectivity index (χ4v) is 3.22. The zero-order valence-corrected chi connectivity index (χ0v) is 16.7. The maximum Gasteiger partial charge on any atom is 0.347 e. The zero-order chi connectivity index (χ0) is 18.8. The zero-order valence-electron chi connectivity index (χ0n) is 15.1. The summed E-state index contributed by atoms with van der Waals surface area (Å²) in [7, 11) is 0. The lowest BCUT2D eigenvalue weighted by Gasteiger charge is -2.36. The van der Waals surface area contributed by atoms with Gasteiger partial charge in [-0.2, -0.15) is 0 Å². The van der Waals surface area contributed by atoms with Crippen molar-refractivity contribution in [2.24, 2.45) is 0 Å². The number of alkyl halides is 3. The van der Waals surface area contributed by atoms with Crippen molar-refractivity contribution < 1.29 is 23.0 Å². The molecule has 1 atom stereocenters. The number of hydrogen-bond donors (Lipinski definition) is 0. The third-order valence-electron chi connectivity index (χ3n) is 4.01. The van der Waals surface area contributed by atoms with Gasteiger partial charge in [-0.1, -0.05) is 28.1 Å². The minimum Gasteiger partial charge on any atom is -0.478 e. The Hall–Kier alpha value is -1.17. The van der Waals surface area contributed by atoms with Gasteiger partial charge < -0.3 is 9.47 Å². The number of aryl methyl sites for hydroxylation is 1. The average Bonchev–Trinajstić information content (AvgIpc) is 2.42. The second kappa shape index (κ2) is 7.60. The Morgan fingerprint density at radius 3 is 2.52 bits per heavy atom. The van der Waals surface area contributed by atoms with Gasteiger partial charge in [0.1, 0.15) is 11.4 Å². The number of carbonyl (C=O) groups is 1. The van der Waals surface area contributed by atoms with E-state index in [0.717, 1.165) is 11.1 Å². The SMILES string of the molecule is Cc1ccc(C2CC(F)(F)C2)c(OC(CCBr)C(=O)OC(C)(C)C)c1. The molecule has 0 bridgehead atoms. The molecule has 0 amide bonds. The summed E-state index contributed by atoms with van der Waals surface area (Å²) >= 11 is 3.33. The van der Waals surface area contributed by atoms with Crippen molar-refractivity contribution in [2.45, 2.75) is 70.5 Å². The highest BCUT2D eigenvalue weighted by Gasteiger charge is 2.47. The van der Waals surface area contributed by atoms with Crippen molar-refractivity contribution in [1.82, 2.24) is 0 Å². The number of rotatable bonds is 6. The van der Waals surface area contributed by atoms with Crippen LogP contribution in [0, 0.1) is 6.92 Å². The molecule has 0 radical (unpaired) electrons. The molecule has 3 nitrogen and oxygen atoms in total. The smallest absolute Gasteiger partial charge is 0.347 e. The number of esters is 1. The van der Waals surface area contributed by atoms with Gasteiger partial charge in [0.2, 0.25) is 5.92 Å². The minimum absolute atomic E-state index is 0.179. The molecular weight excluding hydrogens is 394 g/mol. The van der Waals surface area contributed by atoms with Gasteiger partial charge in [-0.25, -0.2) is 13.6 Å². The second-order valence-electron chi connectivity index (χ2n) is 7.62. The third kappa shape index (κ3) is 5.66. The van der Waals surface area contributed by atoms with Crippen LogP contribution in [0.4, 0.5) is 8.78 Å². The minimum atomic E-state index is -2.60. The lowest BCUT2D eigenvalue weighted by Crippen LogP contribution is -2.37. The molecule has 0 aromatic heterocycles. The van der Waals surface area contributed by atoms with Crippen LogP contribution in [0.5, 0.6) is 5.75 Å². The number of halogens is 3. The lowest BCUT2D eigenvalue weighted by atomic mass is 9.76. The van der Waals surface area contributed by atoms with Crippen LogP contribution in [-0.4, -0.2) is 28.9 Å². The summed E-state index contributed by atoms with van der Waals surface area (Å²) in [5, 5.41) is 0.569. The molecule has 1 unspecified atom stereocenters. The van der Waals surface area contributed by atoms with Gasteiger partial charge in [-0.3, -0.25) is 0 Å². The summed E-state index contributed by atoms with van der Waals surface area (Å²) in [6.45, 7) is 7.29. The maximum absolute atomic E-state index is 13.3. The van der Waals surface area contributed by atoms with E-state index in [2.05, 4.69) is 15.9 Å². The summed E-state index contributed by atoms with van der Waals surface area (Å²) in [4.78, 5) is 12.4. The average molecular weight is 419 g/mol. The molecule has 1 aliphatic rings. The molecule has 0 aliphatic heterocycles. The first kappa shape index (κ1) is 20.1. The first-order valence-electron chi connectivity index (χ1n) is 8.44. The van der Waals surface area contributed by atoms with Crippen LogP contribution in [0.3, 0.4) is 0 Å². The summed E-state index contributed by atoms with van der Waals surface area (Å²) in [5.74, 6) is -2.79. The van der Waals surface area contributed by atoms with E-state index < -0.39 is 23.6 Å². The summed E-state index contributed by atoms with van der Waals surface area (Å²) in [6, 6.07) is 5.51. The Morgan fingerprint density at radius 1 is 1.36 bits per heavy atom. The highest BCUT2D eigenvalue weighted by atomic mass is 79.9. The van der Waals surface area contributed by atoms with E-state index in [0.29, 0.717) is 17.5 Å². The first-order chi connectivity index (χ1) is 11.5. The van der Waals surface area contributed by atoms with Crippen molar-refractivity contribution in [3.05, 3.63) is 29.3 Å². The van der Waals surface area contributed by atoms with Crippen LogP contribution in [0.15, 0.2) is 18.2 Å². The maximum atomic E-state index is 13.3. The molecule has 0 saturated heterocycles. The summed E-state index contributed by atoms with van der Waals surface area (Å²) < 4.78 is 37.9. The largest absolute Gasteiger partial charge is 0.478 e. The molecule has 1 aromatic rings. The molecule has 0 heterocycles. The molecule has 1 aromatic carbocycles.